The van der Waals surface area contributed by atoms with Crippen molar-refractivity contribution in [2.45, 2.75) is 31.8 Å². The van der Waals surface area contributed by atoms with E-state index in [9.17, 15) is 4.79 Å². The van der Waals surface area contributed by atoms with Gasteiger partial charge < -0.3 is 15.6 Å². The highest BCUT2D eigenvalue weighted by atomic mass is 16.1. The fraction of sp³-hybridized carbons (Fsp3) is 0.240. The summed E-state index contributed by atoms with van der Waals surface area (Å²) in [4.78, 5) is 25.2. The Labute approximate surface area is 201 Å². The number of nitrogens with one attached hydrogen (secondary N) is 3. The van der Waals surface area contributed by atoms with Gasteiger partial charge in [0.25, 0.3) is 5.91 Å². The van der Waals surface area contributed by atoms with Gasteiger partial charge in [-0.2, -0.15) is 10.2 Å². The maximum atomic E-state index is 12.7. The molecule has 0 spiro atoms. The number of nitrogens with zero attached hydrogens (tertiary/aromatic N) is 6. The number of carbonyl (C=O) groups excluding carboxylic acids is 1. The van der Waals surface area contributed by atoms with Crippen molar-refractivity contribution in [1.29, 1.82) is 0 Å². The predicted octanol–water partition coefficient (Wildman–Crippen LogP) is 4.32. The first-order chi connectivity index (χ1) is 17.0. The van der Waals surface area contributed by atoms with E-state index in [1.54, 1.807) is 17.1 Å². The molecular weight excluding hydrogens is 442 g/mol. The van der Waals surface area contributed by atoms with Gasteiger partial charge in [0.15, 0.2) is 5.65 Å². The van der Waals surface area contributed by atoms with Crippen molar-refractivity contribution < 1.29 is 4.79 Å². The van der Waals surface area contributed by atoms with Crippen LogP contribution in [0.2, 0.25) is 0 Å². The van der Waals surface area contributed by atoms with Gasteiger partial charge >= 0.3 is 0 Å². The van der Waals surface area contributed by atoms with Gasteiger partial charge in [0.1, 0.15) is 11.3 Å². The highest BCUT2D eigenvalue weighted by molar-refractivity contribution is 6.04. The molecule has 4 heterocycles. The molecule has 1 fully saturated rings. The van der Waals surface area contributed by atoms with Gasteiger partial charge in [-0.15, -0.1) is 0 Å². The molecule has 0 aliphatic heterocycles. The largest absolute Gasteiger partial charge is 0.362 e. The number of aryl methyl sites for hydroxylation is 1. The summed E-state index contributed by atoms with van der Waals surface area (Å²) in [6.45, 7) is 2.05. The van der Waals surface area contributed by atoms with E-state index in [4.69, 9.17) is 4.98 Å². The molecule has 0 saturated heterocycles. The number of hydrogen-bond acceptors (Lipinski definition) is 6. The number of amides is 1. The van der Waals surface area contributed by atoms with Crippen LogP contribution in [0.5, 0.6) is 0 Å². The quantitative estimate of drug-likeness (QED) is 0.328. The van der Waals surface area contributed by atoms with Gasteiger partial charge in [0, 0.05) is 42.5 Å². The van der Waals surface area contributed by atoms with Crippen LogP contribution >= 0.6 is 0 Å². The van der Waals surface area contributed by atoms with Crippen LogP contribution in [0, 0.1) is 0 Å². The Morgan fingerprint density at radius 3 is 2.86 bits per heavy atom. The molecule has 1 aliphatic rings. The minimum absolute atomic E-state index is 0.0583. The van der Waals surface area contributed by atoms with Gasteiger partial charge in [-0.3, -0.25) is 14.2 Å². The van der Waals surface area contributed by atoms with Crippen molar-refractivity contribution in [3.05, 3.63) is 72.6 Å². The van der Waals surface area contributed by atoms with Crippen LogP contribution in [-0.4, -0.2) is 40.4 Å². The number of aromatic nitrogens is 7. The summed E-state index contributed by atoms with van der Waals surface area (Å²) >= 11 is 0. The Hall–Kier alpha value is -4.47. The lowest BCUT2D eigenvalue weighted by atomic mass is 10.1. The van der Waals surface area contributed by atoms with Crippen molar-refractivity contribution in [3.8, 4) is 11.1 Å². The summed E-state index contributed by atoms with van der Waals surface area (Å²) in [7, 11) is 1.89. The summed E-state index contributed by atoms with van der Waals surface area (Å²) in [5.41, 5.74) is 5.73. The van der Waals surface area contributed by atoms with Crippen LogP contribution in [-0.2, 0) is 7.05 Å². The van der Waals surface area contributed by atoms with E-state index in [0.29, 0.717) is 17.4 Å². The van der Waals surface area contributed by atoms with E-state index in [1.807, 2.05) is 67.7 Å². The molecule has 1 saturated carbocycles. The van der Waals surface area contributed by atoms with Crippen LogP contribution < -0.4 is 10.6 Å². The normalized spacial score (nSPS) is 14.2. The Morgan fingerprint density at radius 2 is 2.06 bits per heavy atom. The Kier molecular flexibility index (Phi) is 5.05. The molecule has 1 aliphatic carbocycles. The Bertz CT molecular complexity index is 1520. The van der Waals surface area contributed by atoms with Gasteiger partial charge in [0.2, 0.25) is 0 Å². The second-order valence-electron chi connectivity index (χ2n) is 8.94. The third-order valence-electron chi connectivity index (χ3n) is 6.19. The van der Waals surface area contributed by atoms with Gasteiger partial charge in [0.05, 0.1) is 36.2 Å². The molecule has 0 unspecified atom stereocenters. The lowest BCUT2D eigenvalue weighted by molar-refractivity contribution is 0.102. The predicted molar refractivity (Wildman–Crippen MR) is 133 cm³/mol. The Morgan fingerprint density at radius 1 is 1.17 bits per heavy atom. The smallest absolute Gasteiger partial charge is 0.258 e. The monoisotopic (exact) mass is 467 g/mol. The number of hydrogen-bond donors (Lipinski definition) is 3. The van der Waals surface area contributed by atoms with Crippen molar-refractivity contribution in [1.82, 2.24) is 34.5 Å². The number of rotatable bonds is 7. The molecule has 1 aromatic carbocycles. The average Bonchev–Trinajstić information content (AvgIpc) is 3.23. The maximum Gasteiger partial charge on any atom is 0.258 e. The molecule has 3 N–H and O–H groups in total. The fourth-order valence-electron chi connectivity index (χ4n) is 4.13. The second-order valence-corrected chi connectivity index (χ2v) is 8.94. The highest BCUT2D eigenvalue weighted by Crippen LogP contribution is 2.34. The summed E-state index contributed by atoms with van der Waals surface area (Å²) in [5, 5.41) is 15.0. The van der Waals surface area contributed by atoms with E-state index in [-0.39, 0.29) is 11.9 Å². The molecule has 35 heavy (non-hydrogen) atoms. The van der Waals surface area contributed by atoms with E-state index >= 15 is 0 Å². The molecule has 4 aromatic heterocycles. The van der Waals surface area contributed by atoms with Gasteiger partial charge in [-0.25, -0.2) is 9.97 Å². The minimum Gasteiger partial charge on any atom is -0.362 e. The number of carbonyl (C=O) groups is 1. The summed E-state index contributed by atoms with van der Waals surface area (Å²) < 4.78 is 3.64. The molecule has 6 rings (SSSR count). The number of anilines is 2. The maximum absolute atomic E-state index is 12.7. The standard InChI is InChI=1S/C25H25N9O/c1-15(30-22-12-27-24-23(32-22)21(11-26-24)17-9-28-33(2)13-17)16-4-3-5-19(8-16)31-25(35)18-10-29-34(14-18)20-6-7-20/h3-5,8-15,20H,6-7H2,1-2H3,(H,26,27)(H,30,32)(H,31,35)/t15-/m0/s1. The second kappa shape index (κ2) is 8.39. The van der Waals surface area contributed by atoms with Gasteiger partial charge in [-0.1, -0.05) is 12.1 Å². The zero-order chi connectivity index (χ0) is 23.9. The lowest BCUT2D eigenvalue weighted by Gasteiger charge is -2.16. The Balaban J connectivity index is 1.18. The van der Waals surface area contributed by atoms with Crippen LogP contribution in [0.1, 0.15) is 47.8 Å². The molecule has 1 amide bonds. The van der Waals surface area contributed by atoms with Crippen LogP contribution in [0.3, 0.4) is 0 Å². The first-order valence-corrected chi connectivity index (χ1v) is 11.6. The molecule has 1 atom stereocenters. The zero-order valence-corrected chi connectivity index (χ0v) is 19.4. The first-order valence-electron chi connectivity index (χ1n) is 11.6. The number of benzene rings is 1. The average molecular weight is 468 g/mol. The summed E-state index contributed by atoms with van der Waals surface area (Å²) in [6.07, 6.45) is 13.1. The molecule has 10 nitrogen and oxygen atoms in total. The van der Waals surface area contributed by atoms with Crippen LogP contribution in [0.25, 0.3) is 22.3 Å². The molecule has 176 valence electrons. The minimum atomic E-state index is -0.165. The van der Waals surface area contributed by atoms with Crippen molar-refractivity contribution in [2.75, 3.05) is 10.6 Å². The van der Waals surface area contributed by atoms with Crippen molar-refractivity contribution in [3.63, 3.8) is 0 Å². The fourth-order valence-corrected chi connectivity index (χ4v) is 4.13. The number of fused-ring (bicyclic) bond motifs is 1. The molecular formula is C25H25N9O. The van der Waals surface area contributed by atoms with E-state index in [0.717, 1.165) is 46.4 Å². The van der Waals surface area contributed by atoms with Crippen LogP contribution in [0.15, 0.2) is 61.4 Å². The SMILES string of the molecule is C[C@H](Nc1cnc2[nH]cc(-c3cnn(C)c3)c2n1)c1cccc(NC(=O)c2cnn(C3CC3)c2)c1. The van der Waals surface area contributed by atoms with E-state index in [2.05, 4.69) is 30.8 Å². The van der Waals surface area contributed by atoms with Crippen molar-refractivity contribution in [2.24, 2.45) is 7.05 Å². The lowest BCUT2D eigenvalue weighted by Crippen LogP contribution is -2.12. The topological polar surface area (TPSA) is 118 Å². The molecule has 5 aromatic rings. The third kappa shape index (κ3) is 4.25. The van der Waals surface area contributed by atoms with Crippen LogP contribution in [0.4, 0.5) is 11.5 Å². The number of H-pyrrole nitrogens is 1. The third-order valence-corrected chi connectivity index (χ3v) is 6.19. The summed E-state index contributed by atoms with van der Waals surface area (Å²) in [5.74, 6) is 0.498. The summed E-state index contributed by atoms with van der Waals surface area (Å²) in [6, 6.07) is 8.17. The van der Waals surface area contributed by atoms with Gasteiger partial charge in [-0.05, 0) is 37.5 Å². The number of aromatic amines is 1. The molecule has 10 heteroatoms. The van der Waals surface area contributed by atoms with E-state index < -0.39 is 0 Å². The molecule has 0 radical (unpaired) electrons. The van der Waals surface area contributed by atoms with Crippen molar-refractivity contribution >= 4 is 28.6 Å². The first kappa shape index (κ1) is 21.1. The molecule has 0 bridgehead atoms. The zero-order valence-electron chi connectivity index (χ0n) is 19.4. The highest BCUT2D eigenvalue weighted by Gasteiger charge is 2.25. The van der Waals surface area contributed by atoms with E-state index in [1.165, 1.54) is 0 Å².